The van der Waals surface area contributed by atoms with Crippen molar-refractivity contribution >= 4 is 17.8 Å². The first-order valence-electron chi connectivity index (χ1n) is 12.9. The van der Waals surface area contributed by atoms with Crippen LogP contribution in [0.15, 0.2) is 78.1 Å². The van der Waals surface area contributed by atoms with Crippen molar-refractivity contribution in [3.63, 3.8) is 0 Å². The molecule has 0 spiro atoms. The zero-order valence-electron chi connectivity index (χ0n) is 22.6. The molecule has 0 saturated carbocycles. The summed E-state index contributed by atoms with van der Waals surface area (Å²) in [7, 11) is 3.59. The number of hydrogen-bond acceptors (Lipinski definition) is 7. The third-order valence-corrected chi connectivity index (χ3v) is 7.08. The fraction of sp³-hybridized carbons (Fsp3) is 0.267. The van der Waals surface area contributed by atoms with Crippen LogP contribution in [0.2, 0.25) is 0 Å². The quantitative estimate of drug-likeness (QED) is 0.253. The molecule has 4 aromatic rings. The first kappa shape index (κ1) is 25.9. The summed E-state index contributed by atoms with van der Waals surface area (Å²) in [5.74, 6) is 1.72. The molecule has 0 aliphatic carbocycles. The lowest BCUT2D eigenvalue weighted by Crippen LogP contribution is -2.45. The Morgan fingerprint density at radius 2 is 1.92 bits per heavy atom. The maximum atomic E-state index is 9.70. The molecule has 3 aromatic heterocycles. The van der Waals surface area contributed by atoms with Gasteiger partial charge in [0.25, 0.3) is 0 Å². The van der Waals surface area contributed by atoms with Crippen LogP contribution in [0, 0.1) is 11.3 Å². The maximum absolute atomic E-state index is 9.70. The number of benzene rings is 1. The summed E-state index contributed by atoms with van der Waals surface area (Å²) in [5, 5.41) is 18.4. The number of nitrogens with zero attached hydrogens (tertiary/aromatic N) is 8. The van der Waals surface area contributed by atoms with Gasteiger partial charge in [-0.2, -0.15) is 15.5 Å². The number of allylic oxidation sites excluding steroid dienone is 3. The molecule has 1 aliphatic rings. The highest BCUT2D eigenvalue weighted by molar-refractivity contribution is 5.84. The van der Waals surface area contributed by atoms with Crippen LogP contribution in [0.5, 0.6) is 5.75 Å². The van der Waals surface area contributed by atoms with E-state index in [4.69, 9.17) is 4.74 Å². The Morgan fingerprint density at radius 1 is 1.10 bits per heavy atom. The van der Waals surface area contributed by atoms with E-state index in [0.29, 0.717) is 5.56 Å². The molecule has 0 amide bonds. The van der Waals surface area contributed by atoms with Crippen molar-refractivity contribution < 1.29 is 4.74 Å². The van der Waals surface area contributed by atoms with Gasteiger partial charge in [-0.3, -0.25) is 9.58 Å². The summed E-state index contributed by atoms with van der Waals surface area (Å²) in [6.45, 7) is 10.4. The minimum Gasteiger partial charge on any atom is -0.497 e. The van der Waals surface area contributed by atoms with E-state index < -0.39 is 0 Å². The van der Waals surface area contributed by atoms with Gasteiger partial charge in [0.1, 0.15) is 17.6 Å². The molecule has 198 valence electrons. The van der Waals surface area contributed by atoms with Crippen LogP contribution in [-0.4, -0.2) is 69.2 Å². The van der Waals surface area contributed by atoms with E-state index in [0.717, 1.165) is 72.1 Å². The van der Waals surface area contributed by atoms with Crippen molar-refractivity contribution in [1.29, 1.82) is 5.26 Å². The van der Waals surface area contributed by atoms with Crippen LogP contribution >= 0.6 is 0 Å². The molecule has 1 saturated heterocycles. The second-order valence-electron chi connectivity index (χ2n) is 9.66. The molecule has 9 nitrogen and oxygen atoms in total. The molecule has 39 heavy (non-hydrogen) atoms. The number of aromatic nitrogens is 4. The number of ether oxygens (including phenoxy) is 1. The fourth-order valence-corrected chi connectivity index (χ4v) is 4.94. The van der Waals surface area contributed by atoms with E-state index >= 15 is 0 Å². The van der Waals surface area contributed by atoms with Crippen molar-refractivity contribution in [2.24, 2.45) is 12.0 Å². The van der Waals surface area contributed by atoms with E-state index in [1.54, 1.807) is 22.5 Å². The van der Waals surface area contributed by atoms with Crippen molar-refractivity contribution in [2.75, 3.05) is 33.3 Å². The average molecular weight is 521 g/mol. The number of nitriles is 1. The van der Waals surface area contributed by atoms with Crippen LogP contribution < -0.4 is 4.74 Å². The number of methoxy groups -OCH3 is 1. The Labute approximate surface area is 228 Å². The third-order valence-electron chi connectivity index (χ3n) is 7.08. The van der Waals surface area contributed by atoms with Crippen molar-refractivity contribution in [2.45, 2.75) is 13.5 Å². The van der Waals surface area contributed by atoms with Gasteiger partial charge in [0.15, 0.2) is 0 Å². The molecule has 0 unspecified atom stereocenters. The zero-order valence-corrected chi connectivity index (χ0v) is 22.6. The van der Waals surface area contributed by atoms with Crippen LogP contribution in [0.3, 0.4) is 0 Å². The second-order valence-corrected chi connectivity index (χ2v) is 9.66. The average Bonchev–Trinajstić information content (AvgIpc) is 3.59. The molecule has 0 N–H and O–H groups in total. The lowest BCUT2D eigenvalue weighted by molar-refractivity contribution is 0.152. The van der Waals surface area contributed by atoms with Crippen molar-refractivity contribution in [1.82, 2.24) is 29.2 Å². The highest BCUT2D eigenvalue weighted by Crippen LogP contribution is 2.29. The monoisotopic (exact) mass is 520 g/mol. The van der Waals surface area contributed by atoms with Crippen LogP contribution in [0.1, 0.15) is 23.6 Å². The molecule has 1 aromatic carbocycles. The molecule has 0 atom stereocenters. The van der Waals surface area contributed by atoms with Gasteiger partial charge in [-0.1, -0.05) is 18.2 Å². The van der Waals surface area contributed by atoms with Gasteiger partial charge in [0, 0.05) is 68.9 Å². The zero-order chi connectivity index (χ0) is 27.4. The summed E-state index contributed by atoms with van der Waals surface area (Å²) < 4.78 is 8.90. The number of aryl methyl sites for hydroxylation is 1. The molecule has 0 bridgehead atoms. The lowest BCUT2D eigenvalue weighted by atomic mass is 10.0. The Morgan fingerprint density at radius 3 is 2.62 bits per heavy atom. The SMILES string of the molecule is C=N/C(=C\C=C(/C)c1cc(-c2cnn(C)c2)cn2ncc(C#N)c12)N1CCN(Cc2cccc(OC)c2)CC1. The predicted molar refractivity (Wildman–Crippen MR) is 153 cm³/mol. The normalized spacial score (nSPS) is 15.0. The number of piperazine rings is 1. The van der Waals surface area contributed by atoms with Gasteiger partial charge < -0.3 is 9.64 Å². The summed E-state index contributed by atoms with van der Waals surface area (Å²) in [4.78, 5) is 9.04. The number of aliphatic imine (C=N–C) groups is 1. The highest BCUT2D eigenvalue weighted by Gasteiger charge is 2.19. The summed E-state index contributed by atoms with van der Waals surface area (Å²) in [6, 6.07) is 12.6. The lowest BCUT2D eigenvalue weighted by Gasteiger charge is -2.36. The Hall–Kier alpha value is -4.68. The van der Waals surface area contributed by atoms with Gasteiger partial charge in [-0.25, -0.2) is 9.51 Å². The van der Waals surface area contributed by atoms with E-state index in [2.05, 4.69) is 56.0 Å². The third kappa shape index (κ3) is 5.61. The van der Waals surface area contributed by atoms with E-state index in [1.165, 1.54) is 5.56 Å². The van der Waals surface area contributed by atoms with Gasteiger partial charge in [0.2, 0.25) is 0 Å². The second kappa shape index (κ2) is 11.4. The number of pyridine rings is 1. The minimum absolute atomic E-state index is 0.536. The molecule has 1 fully saturated rings. The number of rotatable bonds is 8. The van der Waals surface area contributed by atoms with Crippen LogP contribution in [0.25, 0.3) is 22.2 Å². The van der Waals surface area contributed by atoms with E-state index in [9.17, 15) is 5.26 Å². The highest BCUT2D eigenvalue weighted by atomic mass is 16.5. The van der Waals surface area contributed by atoms with Crippen molar-refractivity contribution in [3.8, 4) is 22.9 Å². The Balaban J connectivity index is 1.36. The molecule has 9 heteroatoms. The molecular weight excluding hydrogens is 488 g/mol. The molecule has 5 rings (SSSR count). The topological polar surface area (TPSA) is 87.0 Å². The molecular formula is C30H32N8O. The summed E-state index contributed by atoms with van der Waals surface area (Å²) in [5.41, 5.74) is 6.46. The van der Waals surface area contributed by atoms with Crippen LogP contribution in [0.4, 0.5) is 0 Å². The standard InChI is InChI=1S/C30H32N8O/c1-22(28-15-24(26-18-33-35(3)20-26)21-38-30(28)25(16-31)17-34-38)8-9-29(32-2)37-12-10-36(11-13-37)19-23-6-5-7-27(14-23)39-4/h5-9,14-15,17-18,20-21H,2,10-13,19H2,1,3-4H3/b22-8+,29-9+. The van der Waals surface area contributed by atoms with Crippen LogP contribution in [-0.2, 0) is 13.6 Å². The summed E-state index contributed by atoms with van der Waals surface area (Å²) in [6.07, 6.45) is 11.4. The van der Waals surface area contributed by atoms with Gasteiger partial charge >= 0.3 is 0 Å². The Kier molecular flexibility index (Phi) is 7.57. The number of hydrogen-bond donors (Lipinski definition) is 0. The first-order chi connectivity index (χ1) is 19.0. The first-order valence-corrected chi connectivity index (χ1v) is 12.9. The molecule has 4 heterocycles. The van der Waals surface area contributed by atoms with Gasteiger partial charge in [-0.15, -0.1) is 0 Å². The predicted octanol–water partition coefficient (Wildman–Crippen LogP) is 4.38. The van der Waals surface area contributed by atoms with Crippen molar-refractivity contribution in [3.05, 3.63) is 89.8 Å². The van der Waals surface area contributed by atoms with Gasteiger partial charge in [0.05, 0.1) is 30.6 Å². The smallest absolute Gasteiger partial charge is 0.127 e. The number of fused-ring (bicyclic) bond motifs is 1. The molecule has 0 radical (unpaired) electrons. The largest absolute Gasteiger partial charge is 0.497 e. The maximum Gasteiger partial charge on any atom is 0.127 e. The molecule has 1 aliphatic heterocycles. The van der Waals surface area contributed by atoms with E-state index in [-0.39, 0.29) is 0 Å². The summed E-state index contributed by atoms with van der Waals surface area (Å²) >= 11 is 0. The Bertz CT molecular complexity index is 1590. The van der Waals surface area contributed by atoms with Gasteiger partial charge in [-0.05, 0) is 49.1 Å². The fourth-order valence-electron chi connectivity index (χ4n) is 4.94. The van der Waals surface area contributed by atoms with E-state index in [1.807, 2.05) is 56.8 Å². The minimum atomic E-state index is 0.536.